The topological polar surface area (TPSA) is 81.8 Å². The molecule has 164 valence electrons. The van der Waals surface area contributed by atoms with Gasteiger partial charge in [0.05, 0.1) is 11.8 Å². The number of nitrogens with zero attached hydrogens (tertiary/aromatic N) is 4. The third-order valence-corrected chi connectivity index (χ3v) is 6.33. The van der Waals surface area contributed by atoms with Gasteiger partial charge in [-0.2, -0.15) is 0 Å². The van der Waals surface area contributed by atoms with Crippen molar-refractivity contribution in [1.82, 2.24) is 24.6 Å². The Kier molecular flexibility index (Phi) is 6.41. The molecule has 2 aromatic carbocycles. The van der Waals surface area contributed by atoms with Crippen LogP contribution >= 0.6 is 11.8 Å². The Morgan fingerprint density at radius 3 is 2.53 bits per heavy atom. The van der Waals surface area contributed by atoms with E-state index in [4.69, 9.17) is 0 Å². The summed E-state index contributed by atoms with van der Waals surface area (Å²) in [6.07, 6.45) is 1.88. The monoisotopic (exact) mass is 447 g/mol. The first-order valence-electron chi connectivity index (χ1n) is 10.5. The number of benzene rings is 2. The first-order valence-corrected chi connectivity index (χ1v) is 11.5. The quantitative estimate of drug-likeness (QED) is 0.322. The Morgan fingerprint density at radius 1 is 1.06 bits per heavy atom. The summed E-state index contributed by atoms with van der Waals surface area (Å²) in [5.41, 5.74) is 2.34. The van der Waals surface area contributed by atoms with Gasteiger partial charge in [-0.05, 0) is 32.0 Å². The van der Waals surface area contributed by atoms with E-state index in [0.717, 1.165) is 10.9 Å². The van der Waals surface area contributed by atoms with Gasteiger partial charge in [-0.3, -0.25) is 9.59 Å². The van der Waals surface area contributed by atoms with Gasteiger partial charge < -0.3 is 14.5 Å². The van der Waals surface area contributed by atoms with Crippen molar-refractivity contribution >= 4 is 34.4 Å². The van der Waals surface area contributed by atoms with Gasteiger partial charge in [0, 0.05) is 41.8 Å². The molecule has 2 aromatic heterocycles. The SMILES string of the molecule is CCn1c(SCC(=O)c2cn(C)c3ccccc23)nnc1[C@H](C)NC(=O)c1ccccc1. The van der Waals surface area contributed by atoms with Crippen LogP contribution in [-0.2, 0) is 13.6 Å². The molecular weight excluding hydrogens is 422 g/mol. The largest absolute Gasteiger partial charge is 0.350 e. The van der Waals surface area contributed by atoms with Crippen molar-refractivity contribution in [2.45, 2.75) is 31.6 Å². The molecule has 1 amide bonds. The molecule has 0 bridgehead atoms. The lowest BCUT2D eigenvalue weighted by Gasteiger charge is -2.15. The Bertz CT molecular complexity index is 1260. The van der Waals surface area contributed by atoms with E-state index < -0.39 is 0 Å². The molecule has 0 aliphatic heterocycles. The number of aromatic nitrogens is 4. The average molecular weight is 448 g/mol. The van der Waals surface area contributed by atoms with Crippen LogP contribution in [-0.4, -0.2) is 36.8 Å². The van der Waals surface area contributed by atoms with Crippen LogP contribution in [0.2, 0.25) is 0 Å². The Labute approximate surface area is 190 Å². The first kappa shape index (κ1) is 21.8. The highest BCUT2D eigenvalue weighted by Gasteiger charge is 2.21. The summed E-state index contributed by atoms with van der Waals surface area (Å²) in [4.78, 5) is 25.4. The number of aryl methyl sites for hydroxylation is 1. The van der Waals surface area contributed by atoms with E-state index in [1.54, 1.807) is 12.1 Å². The molecule has 4 rings (SSSR count). The fourth-order valence-electron chi connectivity index (χ4n) is 3.73. The van der Waals surface area contributed by atoms with E-state index in [0.29, 0.717) is 28.7 Å². The molecule has 0 fully saturated rings. The van der Waals surface area contributed by atoms with E-state index in [9.17, 15) is 9.59 Å². The van der Waals surface area contributed by atoms with E-state index >= 15 is 0 Å². The number of amides is 1. The minimum absolute atomic E-state index is 0.0458. The lowest BCUT2D eigenvalue weighted by molar-refractivity contribution is 0.0936. The third-order valence-electron chi connectivity index (χ3n) is 5.36. The minimum Gasteiger partial charge on any atom is -0.350 e. The van der Waals surface area contributed by atoms with Crippen LogP contribution in [0.1, 0.15) is 46.4 Å². The van der Waals surface area contributed by atoms with Crippen molar-refractivity contribution in [2.75, 3.05) is 5.75 Å². The van der Waals surface area contributed by atoms with Crippen LogP contribution in [0.4, 0.5) is 0 Å². The molecule has 4 aromatic rings. The maximum Gasteiger partial charge on any atom is 0.251 e. The van der Waals surface area contributed by atoms with Crippen molar-refractivity contribution in [3.05, 3.63) is 77.7 Å². The molecule has 0 spiro atoms. The maximum atomic E-state index is 12.9. The van der Waals surface area contributed by atoms with Crippen molar-refractivity contribution < 1.29 is 9.59 Å². The average Bonchev–Trinajstić information content (AvgIpc) is 3.39. The fourth-order valence-corrected chi connectivity index (χ4v) is 4.62. The number of para-hydroxylation sites is 1. The number of carbonyl (C=O) groups is 2. The van der Waals surface area contributed by atoms with Gasteiger partial charge in [0.1, 0.15) is 0 Å². The van der Waals surface area contributed by atoms with E-state index in [1.165, 1.54) is 11.8 Å². The zero-order valence-electron chi connectivity index (χ0n) is 18.3. The van der Waals surface area contributed by atoms with Crippen LogP contribution in [0.5, 0.6) is 0 Å². The van der Waals surface area contributed by atoms with Crippen LogP contribution in [0.3, 0.4) is 0 Å². The Morgan fingerprint density at radius 2 is 1.78 bits per heavy atom. The summed E-state index contributed by atoms with van der Waals surface area (Å²) in [7, 11) is 1.94. The second-order valence-corrected chi connectivity index (χ2v) is 8.47. The number of fused-ring (bicyclic) bond motifs is 1. The number of thioether (sulfide) groups is 1. The zero-order chi connectivity index (χ0) is 22.7. The van der Waals surface area contributed by atoms with Gasteiger partial charge in [-0.15, -0.1) is 10.2 Å². The van der Waals surface area contributed by atoms with Gasteiger partial charge in [-0.25, -0.2) is 0 Å². The maximum absolute atomic E-state index is 12.9. The lowest BCUT2D eigenvalue weighted by atomic mass is 10.1. The Hall–Kier alpha value is -3.39. The number of nitrogens with one attached hydrogen (secondary N) is 1. The lowest BCUT2D eigenvalue weighted by Crippen LogP contribution is -2.28. The van der Waals surface area contributed by atoms with Gasteiger partial charge in [0.15, 0.2) is 16.8 Å². The smallest absolute Gasteiger partial charge is 0.251 e. The second kappa shape index (κ2) is 9.40. The first-order chi connectivity index (χ1) is 15.5. The molecule has 32 heavy (non-hydrogen) atoms. The number of Topliss-reactive ketones (excluding diaryl/α,β-unsaturated/α-hetero) is 1. The number of hydrogen-bond acceptors (Lipinski definition) is 5. The summed E-state index contributed by atoms with van der Waals surface area (Å²) in [5, 5.41) is 13.2. The van der Waals surface area contributed by atoms with Crippen molar-refractivity contribution in [3.63, 3.8) is 0 Å². The number of ketones is 1. The number of rotatable bonds is 8. The molecule has 7 nitrogen and oxygen atoms in total. The third kappa shape index (κ3) is 4.31. The molecule has 2 heterocycles. The summed E-state index contributed by atoms with van der Waals surface area (Å²) >= 11 is 1.36. The summed E-state index contributed by atoms with van der Waals surface area (Å²) in [5.74, 6) is 0.807. The summed E-state index contributed by atoms with van der Waals surface area (Å²) < 4.78 is 3.91. The van der Waals surface area contributed by atoms with Crippen molar-refractivity contribution in [1.29, 1.82) is 0 Å². The highest BCUT2D eigenvalue weighted by Crippen LogP contribution is 2.25. The standard InChI is InChI=1S/C24H25N5O2S/c1-4-29-22(16(2)25-23(31)17-10-6-5-7-11-17)26-27-24(29)32-15-21(30)19-14-28(3)20-13-9-8-12-18(19)20/h5-14,16H,4,15H2,1-3H3,(H,25,31)/t16-/m0/s1. The molecular formula is C24H25N5O2S. The highest BCUT2D eigenvalue weighted by atomic mass is 32.2. The molecule has 1 atom stereocenters. The highest BCUT2D eigenvalue weighted by molar-refractivity contribution is 7.99. The second-order valence-electron chi connectivity index (χ2n) is 7.53. The van der Waals surface area contributed by atoms with Crippen molar-refractivity contribution in [2.24, 2.45) is 7.05 Å². The van der Waals surface area contributed by atoms with Crippen molar-refractivity contribution in [3.8, 4) is 0 Å². The molecule has 0 aliphatic carbocycles. The van der Waals surface area contributed by atoms with Crippen LogP contribution < -0.4 is 5.32 Å². The van der Waals surface area contributed by atoms with Gasteiger partial charge in [-0.1, -0.05) is 48.2 Å². The molecule has 0 saturated heterocycles. The fraction of sp³-hybridized carbons (Fsp3) is 0.250. The van der Waals surface area contributed by atoms with Gasteiger partial charge in [0.2, 0.25) is 0 Å². The normalized spacial score (nSPS) is 12.1. The Balaban J connectivity index is 1.47. The minimum atomic E-state index is -0.321. The molecule has 0 aliphatic rings. The number of carbonyl (C=O) groups excluding carboxylic acids is 2. The molecule has 1 N–H and O–H groups in total. The molecule has 0 unspecified atom stereocenters. The molecule has 0 radical (unpaired) electrons. The summed E-state index contributed by atoms with van der Waals surface area (Å²) in [6.45, 7) is 4.51. The predicted octanol–water partition coefficient (Wildman–Crippen LogP) is 4.26. The number of hydrogen-bond donors (Lipinski definition) is 1. The van der Waals surface area contributed by atoms with E-state index in [1.807, 2.05) is 78.7 Å². The zero-order valence-corrected chi connectivity index (χ0v) is 19.1. The van der Waals surface area contributed by atoms with Crippen LogP contribution in [0.15, 0.2) is 66.0 Å². The van der Waals surface area contributed by atoms with E-state index in [2.05, 4.69) is 15.5 Å². The van der Waals surface area contributed by atoms with Crippen LogP contribution in [0, 0.1) is 0 Å². The summed E-state index contributed by atoms with van der Waals surface area (Å²) in [6, 6.07) is 16.6. The van der Waals surface area contributed by atoms with Gasteiger partial charge in [0.25, 0.3) is 5.91 Å². The van der Waals surface area contributed by atoms with Crippen LogP contribution in [0.25, 0.3) is 10.9 Å². The predicted molar refractivity (Wildman–Crippen MR) is 126 cm³/mol. The van der Waals surface area contributed by atoms with Gasteiger partial charge >= 0.3 is 0 Å². The van der Waals surface area contributed by atoms with E-state index in [-0.39, 0.29) is 23.5 Å². The molecule has 8 heteroatoms. The molecule has 0 saturated carbocycles.